The maximum absolute atomic E-state index is 12.6. The van der Waals surface area contributed by atoms with Gasteiger partial charge in [-0.3, -0.25) is 4.79 Å². The average Bonchev–Trinajstić information content (AvgIpc) is 3.15. The molecule has 0 bridgehead atoms. The lowest BCUT2D eigenvalue weighted by atomic mass is 9.85. The first-order valence-corrected chi connectivity index (χ1v) is 11.1. The van der Waals surface area contributed by atoms with Crippen molar-refractivity contribution in [3.05, 3.63) is 33.9 Å². The van der Waals surface area contributed by atoms with E-state index < -0.39 is 17.9 Å². The number of benzene rings is 1. The summed E-state index contributed by atoms with van der Waals surface area (Å²) < 4.78 is 33.0. The third-order valence-corrected chi connectivity index (χ3v) is 5.54. The summed E-state index contributed by atoms with van der Waals surface area (Å²) in [5.74, 6) is 0.240. The topological polar surface area (TPSA) is 89.5 Å². The van der Waals surface area contributed by atoms with Crippen LogP contribution in [0.4, 0.5) is 0 Å². The molecule has 0 radical (unpaired) electrons. The van der Waals surface area contributed by atoms with Crippen LogP contribution in [-0.2, 0) is 36.8 Å². The molecule has 0 saturated heterocycles. The minimum atomic E-state index is -0.994. The Morgan fingerprint density at radius 2 is 1.88 bits per heavy atom. The zero-order valence-corrected chi connectivity index (χ0v) is 21.0. The maximum atomic E-state index is 12.6. The quantitative estimate of drug-likeness (QED) is 0.254. The highest BCUT2D eigenvalue weighted by molar-refractivity contribution is 5.98. The van der Waals surface area contributed by atoms with Crippen LogP contribution in [0.5, 0.6) is 11.5 Å². The standard InChI is InChI=1S/C25H36O8/c1-9-30-23(27)25(5,6)13-15(3)11-12-17-20(28-7)16(4)18-14-32-22(26)19(18)21(17)33-24(29-8)31-10-2/h11,24H,9-10,12-14H2,1-8H3. The third kappa shape index (κ3) is 6.06. The number of methoxy groups -OCH3 is 2. The smallest absolute Gasteiger partial charge is 0.342 e. The van der Waals surface area contributed by atoms with E-state index in [1.54, 1.807) is 14.0 Å². The van der Waals surface area contributed by atoms with Crippen LogP contribution in [0.1, 0.15) is 68.1 Å². The highest BCUT2D eigenvalue weighted by Crippen LogP contribution is 2.43. The SMILES string of the molecule is CCOC(=O)C(C)(C)CC(C)=CCc1c(OC)c(C)c2c(c1OC(OC)OCC)C(=O)OC2. The van der Waals surface area contributed by atoms with E-state index in [4.69, 9.17) is 28.4 Å². The van der Waals surface area contributed by atoms with Gasteiger partial charge in [-0.1, -0.05) is 11.6 Å². The summed E-state index contributed by atoms with van der Waals surface area (Å²) in [6.07, 6.45) is 2.93. The van der Waals surface area contributed by atoms with Gasteiger partial charge in [0, 0.05) is 18.2 Å². The molecule has 2 rings (SSSR count). The molecule has 0 fully saturated rings. The van der Waals surface area contributed by atoms with Crippen LogP contribution in [0.3, 0.4) is 0 Å². The third-order valence-electron chi connectivity index (χ3n) is 5.54. The molecule has 1 aromatic carbocycles. The molecule has 1 aliphatic heterocycles. The van der Waals surface area contributed by atoms with Crippen LogP contribution in [0.2, 0.25) is 0 Å². The number of carbonyl (C=O) groups is 2. The summed E-state index contributed by atoms with van der Waals surface area (Å²) in [4.78, 5) is 24.9. The van der Waals surface area contributed by atoms with Crippen molar-refractivity contribution in [1.82, 2.24) is 0 Å². The van der Waals surface area contributed by atoms with Gasteiger partial charge in [0.15, 0.2) is 0 Å². The zero-order valence-electron chi connectivity index (χ0n) is 21.0. The molecule has 33 heavy (non-hydrogen) atoms. The Bertz CT molecular complexity index is 900. The Hall–Kier alpha value is -2.58. The molecular weight excluding hydrogens is 428 g/mol. The lowest BCUT2D eigenvalue weighted by Gasteiger charge is -2.24. The number of hydrogen-bond acceptors (Lipinski definition) is 8. The van der Waals surface area contributed by atoms with Crippen LogP contribution < -0.4 is 9.47 Å². The van der Waals surface area contributed by atoms with Gasteiger partial charge in [0.2, 0.25) is 0 Å². The van der Waals surface area contributed by atoms with E-state index in [9.17, 15) is 9.59 Å². The number of ether oxygens (including phenoxy) is 6. The first-order chi connectivity index (χ1) is 15.6. The average molecular weight is 465 g/mol. The van der Waals surface area contributed by atoms with Gasteiger partial charge in [0.25, 0.3) is 0 Å². The molecule has 8 heteroatoms. The summed E-state index contributed by atoms with van der Waals surface area (Å²) >= 11 is 0. The van der Waals surface area contributed by atoms with Crippen LogP contribution in [0.25, 0.3) is 0 Å². The summed E-state index contributed by atoms with van der Waals surface area (Å²) in [6, 6.07) is 0. The number of allylic oxidation sites excluding steroid dienone is 2. The highest BCUT2D eigenvalue weighted by Gasteiger charge is 2.34. The number of rotatable bonds is 12. The predicted molar refractivity (Wildman–Crippen MR) is 122 cm³/mol. The van der Waals surface area contributed by atoms with Crippen molar-refractivity contribution < 1.29 is 38.0 Å². The molecule has 0 N–H and O–H groups in total. The summed E-state index contributed by atoms with van der Waals surface area (Å²) in [6.45, 7) is 11.1. The molecule has 8 nitrogen and oxygen atoms in total. The molecular formula is C25H36O8. The van der Waals surface area contributed by atoms with Gasteiger partial charge in [0.05, 0.1) is 25.7 Å². The molecule has 0 amide bonds. The largest absolute Gasteiger partial charge is 0.496 e. The van der Waals surface area contributed by atoms with E-state index in [1.165, 1.54) is 7.11 Å². The van der Waals surface area contributed by atoms with E-state index in [-0.39, 0.29) is 12.6 Å². The van der Waals surface area contributed by atoms with Crippen LogP contribution >= 0.6 is 0 Å². The Kier molecular flexibility index (Phi) is 9.31. The monoisotopic (exact) mass is 464 g/mol. The molecule has 0 aliphatic carbocycles. The van der Waals surface area contributed by atoms with Gasteiger partial charge in [0.1, 0.15) is 23.7 Å². The van der Waals surface area contributed by atoms with Crippen molar-refractivity contribution >= 4 is 11.9 Å². The molecule has 1 aromatic rings. The van der Waals surface area contributed by atoms with Gasteiger partial charge >= 0.3 is 18.4 Å². The van der Waals surface area contributed by atoms with Gasteiger partial charge in [-0.2, -0.15) is 0 Å². The van der Waals surface area contributed by atoms with E-state index in [0.717, 1.165) is 16.7 Å². The van der Waals surface area contributed by atoms with E-state index >= 15 is 0 Å². The number of esters is 2. The Labute approximate surface area is 196 Å². The Morgan fingerprint density at radius 1 is 1.18 bits per heavy atom. The maximum Gasteiger partial charge on any atom is 0.342 e. The molecule has 1 atom stereocenters. The van der Waals surface area contributed by atoms with Crippen molar-refractivity contribution in [3.8, 4) is 11.5 Å². The minimum Gasteiger partial charge on any atom is -0.496 e. The Morgan fingerprint density at radius 3 is 2.45 bits per heavy atom. The van der Waals surface area contributed by atoms with E-state index in [0.29, 0.717) is 48.7 Å². The lowest BCUT2D eigenvalue weighted by Crippen LogP contribution is -2.27. The molecule has 0 saturated carbocycles. The number of fused-ring (bicyclic) bond motifs is 1. The molecule has 1 heterocycles. The molecule has 0 aromatic heterocycles. The normalized spacial score (nSPS) is 14.5. The van der Waals surface area contributed by atoms with Crippen LogP contribution in [0, 0.1) is 12.3 Å². The fraction of sp³-hybridized carbons (Fsp3) is 0.600. The van der Waals surface area contributed by atoms with Crippen LogP contribution in [-0.4, -0.2) is 45.8 Å². The second kappa shape index (κ2) is 11.5. The first kappa shape index (κ1) is 26.7. The van der Waals surface area contributed by atoms with Crippen LogP contribution in [0.15, 0.2) is 11.6 Å². The predicted octanol–water partition coefficient (Wildman–Crippen LogP) is 4.49. The number of carbonyl (C=O) groups excluding carboxylic acids is 2. The van der Waals surface area contributed by atoms with E-state index in [1.807, 2.05) is 40.7 Å². The second-order valence-electron chi connectivity index (χ2n) is 8.53. The van der Waals surface area contributed by atoms with E-state index in [2.05, 4.69) is 0 Å². The number of cyclic esters (lactones) is 1. The first-order valence-electron chi connectivity index (χ1n) is 11.1. The fourth-order valence-corrected chi connectivity index (χ4v) is 3.97. The minimum absolute atomic E-state index is 0.155. The number of hydrogen-bond donors (Lipinski definition) is 0. The summed E-state index contributed by atoms with van der Waals surface area (Å²) in [5, 5.41) is 0. The molecule has 1 aliphatic rings. The summed E-state index contributed by atoms with van der Waals surface area (Å²) in [7, 11) is 3.04. The van der Waals surface area contributed by atoms with Gasteiger partial charge in [-0.05, 0) is 59.9 Å². The molecule has 184 valence electrons. The summed E-state index contributed by atoms with van der Waals surface area (Å²) in [5.41, 5.74) is 2.93. The second-order valence-corrected chi connectivity index (χ2v) is 8.53. The molecule has 1 unspecified atom stereocenters. The van der Waals surface area contributed by atoms with Gasteiger partial charge in [-0.25, -0.2) is 4.79 Å². The van der Waals surface area contributed by atoms with Crippen molar-refractivity contribution in [2.45, 2.75) is 67.5 Å². The lowest BCUT2D eigenvalue weighted by molar-refractivity contribution is -0.231. The highest BCUT2D eigenvalue weighted by atomic mass is 16.8. The van der Waals surface area contributed by atoms with Crippen molar-refractivity contribution in [2.75, 3.05) is 27.4 Å². The van der Waals surface area contributed by atoms with Crippen molar-refractivity contribution in [1.29, 1.82) is 0 Å². The van der Waals surface area contributed by atoms with Crippen molar-refractivity contribution in [3.63, 3.8) is 0 Å². The van der Waals surface area contributed by atoms with Gasteiger partial charge < -0.3 is 28.4 Å². The Balaban J connectivity index is 2.49. The van der Waals surface area contributed by atoms with Crippen molar-refractivity contribution in [2.24, 2.45) is 5.41 Å². The zero-order chi connectivity index (χ0) is 24.8. The molecule has 0 spiro atoms. The van der Waals surface area contributed by atoms with Gasteiger partial charge in [-0.15, -0.1) is 0 Å². The fourth-order valence-electron chi connectivity index (χ4n) is 3.97.